The van der Waals surface area contributed by atoms with Gasteiger partial charge in [-0.25, -0.2) is 4.90 Å². The number of aliphatic hydroxyl groups excluding tert-OH is 1. The fourth-order valence-electron chi connectivity index (χ4n) is 3.02. The number of nitrogens with zero attached hydrogens (tertiary/aromatic N) is 1. The number of hydrogen-bond donors (Lipinski definition) is 1. The zero-order valence-electron chi connectivity index (χ0n) is 12.9. The van der Waals surface area contributed by atoms with E-state index in [1.165, 1.54) is 0 Å². The van der Waals surface area contributed by atoms with Crippen molar-refractivity contribution in [3.05, 3.63) is 83.1 Å². The molecule has 0 aliphatic carbocycles. The van der Waals surface area contributed by atoms with E-state index in [0.29, 0.717) is 16.3 Å². The molecule has 122 valence electrons. The van der Waals surface area contributed by atoms with Gasteiger partial charge in [-0.2, -0.15) is 0 Å². The summed E-state index contributed by atoms with van der Waals surface area (Å²) in [5.41, 5.74) is 0.876. The van der Waals surface area contributed by atoms with Crippen LogP contribution in [0, 0.1) is 0 Å². The van der Waals surface area contributed by atoms with Crippen LogP contribution in [-0.4, -0.2) is 16.9 Å². The number of carbonyl (C=O) groups excluding carboxylic acids is 2. The van der Waals surface area contributed by atoms with Gasteiger partial charge < -0.3 is 5.11 Å². The van der Waals surface area contributed by atoms with Crippen molar-refractivity contribution in [2.45, 2.75) is 0 Å². The quantitative estimate of drug-likeness (QED) is 0.700. The minimum Gasteiger partial charge on any atom is -0.502 e. The van der Waals surface area contributed by atoms with Gasteiger partial charge >= 0.3 is 5.91 Å². The Kier molecular flexibility index (Phi) is 3.55. The molecule has 3 aromatic rings. The molecule has 1 aliphatic heterocycles. The Labute approximate surface area is 148 Å². The molecule has 3 aromatic carbocycles. The van der Waals surface area contributed by atoms with E-state index in [4.69, 9.17) is 11.6 Å². The van der Waals surface area contributed by atoms with Crippen molar-refractivity contribution in [2.75, 3.05) is 4.90 Å². The molecule has 5 heteroatoms. The van der Waals surface area contributed by atoms with Crippen molar-refractivity contribution in [1.82, 2.24) is 0 Å². The predicted octanol–water partition coefficient (Wildman–Crippen LogP) is 4.34. The van der Waals surface area contributed by atoms with E-state index < -0.39 is 17.6 Å². The summed E-state index contributed by atoms with van der Waals surface area (Å²) in [4.78, 5) is 26.5. The van der Waals surface area contributed by atoms with Crippen molar-refractivity contribution < 1.29 is 14.7 Å². The smallest absolute Gasteiger partial charge is 0.301 e. The van der Waals surface area contributed by atoms with Gasteiger partial charge in [-0.15, -0.1) is 0 Å². The second-order valence-electron chi connectivity index (χ2n) is 5.67. The van der Waals surface area contributed by atoms with Crippen LogP contribution in [0.2, 0.25) is 5.02 Å². The molecule has 0 saturated carbocycles. The molecule has 0 atom stereocenters. The van der Waals surface area contributed by atoms with Crippen LogP contribution in [-0.2, 0) is 9.59 Å². The van der Waals surface area contributed by atoms with Crippen LogP contribution in [0.25, 0.3) is 16.3 Å². The van der Waals surface area contributed by atoms with Crippen molar-refractivity contribution in [3.8, 4) is 0 Å². The first-order valence-corrected chi connectivity index (χ1v) is 8.01. The highest BCUT2D eigenvalue weighted by atomic mass is 35.5. The number of imide groups is 1. The Hall–Kier alpha value is -3.11. The number of carbonyl (C=O) groups is 2. The molecule has 0 bridgehead atoms. The van der Waals surface area contributed by atoms with Crippen molar-refractivity contribution >= 4 is 45.4 Å². The summed E-state index contributed by atoms with van der Waals surface area (Å²) in [6, 6.07) is 19.2. The summed E-state index contributed by atoms with van der Waals surface area (Å²) >= 11 is 5.87. The van der Waals surface area contributed by atoms with Crippen molar-refractivity contribution in [2.24, 2.45) is 0 Å². The van der Waals surface area contributed by atoms with Gasteiger partial charge in [0.1, 0.15) is 0 Å². The zero-order chi connectivity index (χ0) is 17.6. The molecule has 0 radical (unpaired) electrons. The normalized spacial score (nSPS) is 14.7. The van der Waals surface area contributed by atoms with Crippen LogP contribution in [0.1, 0.15) is 5.56 Å². The SMILES string of the molecule is O=C1C(O)=C(c2ccc(Cl)cc2)C(=O)N1c1cccc2ccccc12. The maximum atomic E-state index is 12.9. The highest BCUT2D eigenvalue weighted by molar-refractivity contribution is 6.45. The van der Waals surface area contributed by atoms with Gasteiger partial charge in [0.05, 0.1) is 11.3 Å². The van der Waals surface area contributed by atoms with Gasteiger partial charge in [0.15, 0.2) is 5.76 Å². The Morgan fingerprint density at radius 1 is 0.800 bits per heavy atom. The average molecular weight is 350 g/mol. The molecule has 1 N–H and O–H groups in total. The molecule has 0 fully saturated rings. The third-order valence-electron chi connectivity index (χ3n) is 4.20. The fourth-order valence-corrected chi connectivity index (χ4v) is 3.14. The summed E-state index contributed by atoms with van der Waals surface area (Å²) in [5.74, 6) is -1.84. The highest BCUT2D eigenvalue weighted by Gasteiger charge is 2.40. The first-order chi connectivity index (χ1) is 12.1. The Bertz CT molecular complexity index is 1050. The van der Waals surface area contributed by atoms with E-state index in [1.807, 2.05) is 30.3 Å². The van der Waals surface area contributed by atoms with Gasteiger partial charge in [0, 0.05) is 10.4 Å². The minimum atomic E-state index is -0.730. The molecule has 0 aromatic heterocycles. The summed E-state index contributed by atoms with van der Waals surface area (Å²) in [5, 5.41) is 12.5. The van der Waals surface area contributed by atoms with E-state index in [9.17, 15) is 14.7 Å². The summed E-state index contributed by atoms with van der Waals surface area (Å²) in [6.07, 6.45) is 0. The van der Waals surface area contributed by atoms with E-state index in [0.717, 1.165) is 15.7 Å². The van der Waals surface area contributed by atoms with Crippen LogP contribution < -0.4 is 4.90 Å². The molecular weight excluding hydrogens is 338 g/mol. The Morgan fingerprint density at radius 3 is 2.24 bits per heavy atom. The van der Waals surface area contributed by atoms with Gasteiger partial charge in [0.25, 0.3) is 5.91 Å². The number of fused-ring (bicyclic) bond motifs is 1. The van der Waals surface area contributed by atoms with Crippen LogP contribution in [0.5, 0.6) is 0 Å². The predicted molar refractivity (Wildman–Crippen MR) is 97.4 cm³/mol. The van der Waals surface area contributed by atoms with Gasteiger partial charge in [-0.1, -0.05) is 60.1 Å². The average Bonchev–Trinajstić information content (AvgIpc) is 2.85. The van der Waals surface area contributed by atoms with E-state index >= 15 is 0 Å². The fraction of sp³-hybridized carbons (Fsp3) is 0. The third-order valence-corrected chi connectivity index (χ3v) is 4.45. The lowest BCUT2D eigenvalue weighted by Crippen LogP contribution is -2.31. The van der Waals surface area contributed by atoms with Crippen LogP contribution in [0.3, 0.4) is 0 Å². The second kappa shape index (κ2) is 5.76. The maximum Gasteiger partial charge on any atom is 0.301 e. The van der Waals surface area contributed by atoms with E-state index in [-0.39, 0.29) is 5.57 Å². The number of anilines is 1. The number of halogens is 1. The van der Waals surface area contributed by atoms with Crippen LogP contribution in [0.15, 0.2) is 72.5 Å². The minimum absolute atomic E-state index is 0.0189. The summed E-state index contributed by atoms with van der Waals surface area (Å²) < 4.78 is 0. The topological polar surface area (TPSA) is 57.6 Å². The Morgan fingerprint density at radius 2 is 1.48 bits per heavy atom. The molecule has 2 amide bonds. The number of rotatable bonds is 2. The standard InChI is InChI=1S/C20H12ClNO3/c21-14-10-8-13(9-11-14)17-18(23)20(25)22(19(17)24)16-7-3-5-12-4-1-2-6-15(12)16/h1-11,23H. The van der Waals surface area contributed by atoms with Crippen LogP contribution >= 0.6 is 11.6 Å². The van der Waals surface area contributed by atoms with Gasteiger partial charge in [-0.05, 0) is 29.1 Å². The monoisotopic (exact) mass is 349 g/mol. The summed E-state index contributed by atoms with van der Waals surface area (Å²) in [6.45, 7) is 0. The molecular formula is C20H12ClNO3. The largest absolute Gasteiger partial charge is 0.502 e. The van der Waals surface area contributed by atoms with Crippen molar-refractivity contribution in [1.29, 1.82) is 0 Å². The molecule has 4 rings (SSSR count). The zero-order valence-corrected chi connectivity index (χ0v) is 13.7. The van der Waals surface area contributed by atoms with Crippen molar-refractivity contribution in [3.63, 3.8) is 0 Å². The Balaban J connectivity index is 1.85. The second-order valence-corrected chi connectivity index (χ2v) is 6.11. The van der Waals surface area contributed by atoms with Gasteiger partial charge in [0.2, 0.25) is 0 Å². The lowest BCUT2D eigenvalue weighted by molar-refractivity contribution is -0.121. The number of benzene rings is 3. The molecule has 4 nitrogen and oxygen atoms in total. The first-order valence-electron chi connectivity index (χ1n) is 7.63. The number of hydrogen-bond acceptors (Lipinski definition) is 3. The molecule has 25 heavy (non-hydrogen) atoms. The number of aliphatic hydroxyl groups is 1. The molecule has 0 spiro atoms. The molecule has 1 aliphatic rings. The van der Waals surface area contributed by atoms with Gasteiger partial charge in [-0.3, -0.25) is 9.59 Å². The maximum absolute atomic E-state index is 12.9. The first kappa shape index (κ1) is 15.4. The molecule has 0 unspecified atom stereocenters. The summed E-state index contributed by atoms with van der Waals surface area (Å²) in [7, 11) is 0. The molecule has 0 saturated heterocycles. The highest BCUT2D eigenvalue weighted by Crippen LogP contribution is 2.35. The molecule has 1 heterocycles. The number of amides is 2. The lowest BCUT2D eigenvalue weighted by Gasteiger charge is -2.17. The third kappa shape index (κ3) is 2.39. The van der Waals surface area contributed by atoms with Crippen LogP contribution in [0.4, 0.5) is 5.69 Å². The van der Waals surface area contributed by atoms with E-state index in [2.05, 4.69) is 0 Å². The van der Waals surface area contributed by atoms with E-state index in [1.54, 1.807) is 36.4 Å². The lowest BCUT2D eigenvalue weighted by atomic mass is 10.1.